The third kappa shape index (κ3) is 4.32. The Hall–Kier alpha value is -3.24. The molecule has 11 heteroatoms. The van der Waals surface area contributed by atoms with Crippen molar-refractivity contribution in [2.45, 2.75) is 57.5 Å². The van der Waals surface area contributed by atoms with Crippen LogP contribution in [0.25, 0.3) is 22.2 Å². The average Bonchev–Trinajstić information content (AvgIpc) is 3.22. The Labute approximate surface area is 198 Å². The van der Waals surface area contributed by atoms with Gasteiger partial charge in [-0.3, -0.25) is 9.36 Å². The van der Waals surface area contributed by atoms with E-state index in [1.165, 1.54) is 13.0 Å². The topological polar surface area (TPSA) is 84.1 Å². The van der Waals surface area contributed by atoms with Crippen molar-refractivity contribution in [3.05, 3.63) is 40.4 Å². The van der Waals surface area contributed by atoms with Crippen LogP contribution in [0.3, 0.4) is 0 Å². The number of alkyl halides is 4. The molecule has 3 aromatic rings. The van der Waals surface area contributed by atoms with Gasteiger partial charge >= 0.3 is 6.18 Å². The lowest BCUT2D eigenvalue weighted by atomic mass is 9.83. The number of rotatable bonds is 4. The van der Waals surface area contributed by atoms with Crippen LogP contribution >= 0.6 is 0 Å². The van der Waals surface area contributed by atoms with E-state index >= 15 is 0 Å². The second-order valence-electron chi connectivity index (χ2n) is 9.63. The van der Waals surface area contributed by atoms with Crippen molar-refractivity contribution in [3.63, 3.8) is 0 Å². The van der Waals surface area contributed by atoms with Crippen LogP contribution in [0.2, 0.25) is 0 Å². The van der Waals surface area contributed by atoms with Crippen LogP contribution in [0.15, 0.2) is 29.1 Å². The number of hydrogen-bond acceptors (Lipinski definition) is 6. The van der Waals surface area contributed by atoms with Crippen molar-refractivity contribution in [1.82, 2.24) is 19.7 Å². The number of aromatic nitrogens is 4. The standard InChI is InChI=1S/C24H25F4N5O2/c1-12-29-18-9-15(20(34)10-16(18)23(35)33(12)11-24(26,27)28)17-5-6-21(31-30-17)32(2)19-8-13-3-4-14(7-13)22(19)25/h5-6,9-10,13-14,19,22,34H,3-4,7-8,11H2,1-2H3/t13-,14+,19+,22-/m0/s1. The van der Waals surface area contributed by atoms with Crippen molar-refractivity contribution in [2.24, 2.45) is 11.8 Å². The monoisotopic (exact) mass is 491 g/mol. The fourth-order valence-corrected chi connectivity index (χ4v) is 5.54. The Morgan fingerprint density at radius 2 is 1.94 bits per heavy atom. The fourth-order valence-electron chi connectivity index (χ4n) is 5.54. The molecule has 35 heavy (non-hydrogen) atoms. The van der Waals surface area contributed by atoms with E-state index in [9.17, 15) is 27.5 Å². The molecule has 0 saturated heterocycles. The minimum absolute atomic E-state index is 0.0956. The van der Waals surface area contributed by atoms with E-state index in [0.717, 1.165) is 31.7 Å². The molecule has 0 aliphatic heterocycles. The second kappa shape index (κ2) is 8.46. The quantitative estimate of drug-likeness (QED) is 0.545. The number of nitrogens with zero attached hydrogens (tertiary/aromatic N) is 5. The highest BCUT2D eigenvalue weighted by atomic mass is 19.4. The number of anilines is 1. The highest BCUT2D eigenvalue weighted by molar-refractivity contribution is 5.86. The molecule has 1 N–H and O–H groups in total. The number of phenolic OH excluding ortho intramolecular Hbond substituents is 1. The predicted molar refractivity (Wildman–Crippen MR) is 122 cm³/mol. The summed E-state index contributed by atoms with van der Waals surface area (Å²) in [6.45, 7) is -0.148. The molecule has 2 aliphatic carbocycles. The van der Waals surface area contributed by atoms with Gasteiger partial charge in [-0.2, -0.15) is 13.2 Å². The molecular weight excluding hydrogens is 466 g/mol. The van der Waals surface area contributed by atoms with Crippen LogP contribution in [0.4, 0.5) is 23.4 Å². The van der Waals surface area contributed by atoms with Gasteiger partial charge in [0.25, 0.3) is 5.56 Å². The average molecular weight is 491 g/mol. The molecule has 2 fully saturated rings. The first-order chi connectivity index (χ1) is 16.5. The first kappa shape index (κ1) is 23.5. The van der Waals surface area contributed by atoms with Gasteiger partial charge < -0.3 is 10.0 Å². The normalized spacial score (nSPS) is 24.2. The van der Waals surface area contributed by atoms with Crippen LogP contribution in [-0.2, 0) is 6.54 Å². The molecule has 2 bridgehead atoms. The molecule has 1 aromatic carbocycles. The van der Waals surface area contributed by atoms with E-state index in [2.05, 4.69) is 15.2 Å². The van der Waals surface area contributed by atoms with E-state index in [1.54, 1.807) is 19.2 Å². The largest absolute Gasteiger partial charge is 0.507 e. The molecule has 0 radical (unpaired) electrons. The van der Waals surface area contributed by atoms with Gasteiger partial charge in [0.05, 0.1) is 22.6 Å². The summed E-state index contributed by atoms with van der Waals surface area (Å²) in [4.78, 5) is 18.6. The van der Waals surface area contributed by atoms with E-state index in [4.69, 9.17) is 0 Å². The van der Waals surface area contributed by atoms with Crippen LogP contribution in [-0.4, -0.2) is 50.3 Å². The van der Waals surface area contributed by atoms with Gasteiger partial charge in [0, 0.05) is 12.6 Å². The molecule has 0 spiro atoms. The van der Waals surface area contributed by atoms with Gasteiger partial charge in [-0.15, -0.1) is 10.2 Å². The molecule has 7 nitrogen and oxygen atoms in total. The lowest BCUT2D eigenvalue weighted by Gasteiger charge is -2.38. The van der Waals surface area contributed by atoms with Crippen LogP contribution in [0, 0.1) is 18.8 Å². The molecule has 2 heterocycles. The predicted octanol–water partition coefficient (Wildman–Crippen LogP) is 4.39. The van der Waals surface area contributed by atoms with Crippen LogP contribution < -0.4 is 10.5 Å². The summed E-state index contributed by atoms with van der Waals surface area (Å²) in [6.07, 6.45) is -1.78. The summed E-state index contributed by atoms with van der Waals surface area (Å²) in [5, 5.41) is 18.8. The minimum atomic E-state index is -4.59. The van der Waals surface area contributed by atoms with Gasteiger partial charge in [-0.1, -0.05) is 0 Å². The number of halogens is 4. The Balaban J connectivity index is 1.45. The van der Waals surface area contributed by atoms with Crippen molar-refractivity contribution in [2.75, 3.05) is 11.9 Å². The van der Waals surface area contributed by atoms with Crippen LogP contribution in [0.5, 0.6) is 5.75 Å². The Morgan fingerprint density at radius 3 is 2.63 bits per heavy atom. The highest BCUT2D eigenvalue weighted by Gasteiger charge is 2.44. The molecule has 0 amide bonds. The number of aryl methyl sites for hydroxylation is 1. The van der Waals surface area contributed by atoms with Gasteiger partial charge in [-0.25, -0.2) is 9.37 Å². The first-order valence-corrected chi connectivity index (χ1v) is 11.5. The van der Waals surface area contributed by atoms with Gasteiger partial charge in [0.2, 0.25) is 0 Å². The molecule has 4 atom stereocenters. The summed E-state index contributed by atoms with van der Waals surface area (Å²) in [6, 6.07) is 5.55. The molecule has 2 aliphatic rings. The smallest absolute Gasteiger partial charge is 0.406 e. The zero-order valence-corrected chi connectivity index (χ0v) is 19.3. The van der Waals surface area contributed by atoms with E-state index < -0.39 is 24.5 Å². The zero-order valence-electron chi connectivity index (χ0n) is 19.3. The Kier molecular flexibility index (Phi) is 5.68. The summed E-state index contributed by atoms with van der Waals surface area (Å²) < 4.78 is 54.1. The van der Waals surface area contributed by atoms with Crippen molar-refractivity contribution in [1.29, 1.82) is 0 Å². The van der Waals surface area contributed by atoms with Gasteiger partial charge in [0.15, 0.2) is 5.82 Å². The Bertz CT molecular complexity index is 1320. The highest BCUT2D eigenvalue weighted by Crippen LogP contribution is 2.45. The fraction of sp³-hybridized carbons (Fsp3) is 0.500. The van der Waals surface area contributed by atoms with E-state index in [0.29, 0.717) is 22.0 Å². The molecule has 186 valence electrons. The number of fused-ring (bicyclic) bond motifs is 3. The van der Waals surface area contributed by atoms with Gasteiger partial charge in [-0.05, 0) is 68.7 Å². The van der Waals surface area contributed by atoms with E-state index in [1.807, 2.05) is 4.90 Å². The van der Waals surface area contributed by atoms with Crippen molar-refractivity contribution < 1.29 is 22.7 Å². The maximum absolute atomic E-state index is 15.0. The maximum atomic E-state index is 15.0. The summed E-state index contributed by atoms with van der Waals surface area (Å²) in [5.41, 5.74) is -0.226. The first-order valence-electron chi connectivity index (χ1n) is 11.5. The molecule has 2 saturated carbocycles. The molecular formula is C24H25F4N5O2. The van der Waals surface area contributed by atoms with Crippen LogP contribution in [0.1, 0.15) is 31.5 Å². The lowest BCUT2D eigenvalue weighted by molar-refractivity contribution is -0.141. The second-order valence-corrected chi connectivity index (χ2v) is 9.63. The maximum Gasteiger partial charge on any atom is 0.406 e. The Morgan fingerprint density at radius 1 is 1.17 bits per heavy atom. The number of benzene rings is 1. The third-order valence-corrected chi connectivity index (χ3v) is 7.36. The number of aromatic hydroxyl groups is 1. The number of hydrogen-bond donors (Lipinski definition) is 1. The zero-order chi connectivity index (χ0) is 25.1. The van der Waals surface area contributed by atoms with Crippen molar-refractivity contribution >= 4 is 16.7 Å². The van der Waals surface area contributed by atoms with E-state index in [-0.39, 0.29) is 40.0 Å². The SMILES string of the molecule is Cc1nc2cc(-c3ccc(N(C)[C@@H]4C[C@H]5CC[C@H](C5)[C@@H]4F)nn3)c(O)cc2c(=O)n1CC(F)(F)F. The third-order valence-electron chi connectivity index (χ3n) is 7.36. The molecule has 5 rings (SSSR count). The lowest BCUT2D eigenvalue weighted by Crippen LogP contribution is -2.46. The summed E-state index contributed by atoms with van der Waals surface area (Å²) in [7, 11) is 1.80. The number of phenols is 1. The van der Waals surface area contributed by atoms with Crippen molar-refractivity contribution in [3.8, 4) is 17.0 Å². The molecule has 2 aromatic heterocycles. The molecule has 0 unspecified atom stereocenters. The summed E-state index contributed by atoms with van der Waals surface area (Å²) in [5.74, 6) is 0.716. The van der Waals surface area contributed by atoms with Gasteiger partial charge in [0.1, 0.15) is 24.3 Å². The summed E-state index contributed by atoms with van der Waals surface area (Å²) >= 11 is 0. The minimum Gasteiger partial charge on any atom is -0.507 e.